The first-order valence-corrected chi connectivity index (χ1v) is 9.91. The van der Waals surface area contributed by atoms with Crippen LogP contribution in [0.25, 0.3) is 11.4 Å². The first-order chi connectivity index (χ1) is 13.5. The normalized spacial score (nSPS) is 12.0. The van der Waals surface area contributed by atoms with Gasteiger partial charge in [-0.3, -0.25) is 4.79 Å². The Bertz CT molecular complexity index is 940. The molecule has 2 aromatic carbocycles. The number of hydrogen-bond donors (Lipinski definition) is 2. The average molecular weight is 399 g/mol. The van der Waals surface area contributed by atoms with Crippen LogP contribution in [0.4, 0.5) is 4.39 Å². The van der Waals surface area contributed by atoms with Crippen LogP contribution in [0.2, 0.25) is 0 Å². The molecule has 0 aliphatic heterocycles. The molecular formula is C20H22FN5OS. The maximum absolute atomic E-state index is 13.1. The number of halogens is 1. The van der Waals surface area contributed by atoms with E-state index in [2.05, 4.69) is 15.5 Å². The van der Waals surface area contributed by atoms with E-state index >= 15 is 0 Å². The van der Waals surface area contributed by atoms with Gasteiger partial charge in [0, 0.05) is 5.56 Å². The monoisotopic (exact) mass is 399 g/mol. The largest absolute Gasteiger partial charge is 0.349 e. The minimum atomic E-state index is -0.336. The number of aryl methyl sites for hydroxylation is 1. The average Bonchev–Trinajstić information content (AvgIpc) is 3.06. The lowest BCUT2D eigenvalue weighted by Gasteiger charge is -2.17. The number of carbonyl (C=O) groups is 1. The zero-order chi connectivity index (χ0) is 20.1. The van der Waals surface area contributed by atoms with Gasteiger partial charge in [0.05, 0.1) is 11.8 Å². The number of benzene rings is 2. The number of carbonyl (C=O) groups excluding carboxylic acids is 1. The molecule has 0 bridgehead atoms. The first-order valence-electron chi connectivity index (χ1n) is 8.93. The summed E-state index contributed by atoms with van der Waals surface area (Å²) in [6.45, 7) is 4.06. The van der Waals surface area contributed by atoms with Gasteiger partial charge in [-0.2, -0.15) is 0 Å². The van der Waals surface area contributed by atoms with Crippen molar-refractivity contribution in [3.8, 4) is 11.4 Å². The van der Waals surface area contributed by atoms with Crippen molar-refractivity contribution in [2.24, 2.45) is 0 Å². The summed E-state index contributed by atoms with van der Waals surface area (Å²) in [5.41, 5.74) is 2.91. The molecule has 0 saturated heterocycles. The highest BCUT2D eigenvalue weighted by atomic mass is 32.2. The van der Waals surface area contributed by atoms with Crippen LogP contribution < -0.4 is 11.2 Å². The van der Waals surface area contributed by atoms with E-state index in [1.54, 1.807) is 12.1 Å². The number of thioether (sulfide) groups is 1. The first kappa shape index (κ1) is 19.9. The number of nitrogens with two attached hydrogens (primary N) is 1. The van der Waals surface area contributed by atoms with Gasteiger partial charge in [0.15, 0.2) is 5.82 Å². The van der Waals surface area contributed by atoms with Crippen LogP contribution in [-0.4, -0.2) is 26.5 Å². The van der Waals surface area contributed by atoms with E-state index in [9.17, 15) is 9.18 Å². The molecule has 0 unspecified atom stereocenters. The fourth-order valence-corrected chi connectivity index (χ4v) is 3.42. The van der Waals surface area contributed by atoms with E-state index in [0.29, 0.717) is 16.5 Å². The number of nitrogens with zero attached hydrogens (tertiary/aromatic N) is 3. The van der Waals surface area contributed by atoms with Crippen LogP contribution in [0.5, 0.6) is 0 Å². The van der Waals surface area contributed by atoms with Crippen LogP contribution in [-0.2, 0) is 4.79 Å². The summed E-state index contributed by atoms with van der Waals surface area (Å²) in [4.78, 5) is 12.4. The summed E-state index contributed by atoms with van der Waals surface area (Å²) in [6, 6.07) is 13.9. The highest BCUT2D eigenvalue weighted by molar-refractivity contribution is 7.99. The number of amides is 1. The number of aromatic nitrogens is 3. The molecule has 1 atom stereocenters. The molecular weight excluding hydrogens is 377 g/mol. The van der Waals surface area contributed by atoms with Gasteiger partial charge in [-0.15, -0.1) is 10.2 Å². The predicted molar refractivity (Wildman–Crippen MR) is 109 cm³/mol. The maximum Gasteiger partial charge on any atom is 0.230 e. The Morgan fingerprint density at radius 3 is 2.50 bits per heavy atom. The molecule has 1 heterocycles. The molecule has 28 heavy (non-hydrogen) atoms. The highest BCUT2D eigenvalue weighted by Gasteiger charge is 2.16. The van der Waals surface area contributed by atoms with Crippen LogP contribution >= 0.6 is 11.8 Å². The highest BCUT2D eigenvalue weighted by Crippen LogP contribution is 2.22. The molecule has 0 aliphatic carbocycles. The van der Waals surface area contributed by atoms with Crippen LogP contribution in [0, 0.1) is 12.7 Å². The van der Waals surface area contributed by atoms with Crippen molar-refractivity contribution in [2.45, 2.75) is 31.5 Å². The van der Waals surface area contributed by atoms with Crippen LogP contribution in [0.1, 0.15) is 30.5 Å². The summed E-state index contributed by atoms with van der Waals surface area (Å²) in [5, 5.41) is 11.5. The molecule has 0 fully saturated rings. The van der Waals surface area contributed by atoms with Gasteiger partial charge in [0.2, 0.25) is 11.1 Å². The molecule has 1 aromatic heterocycles. The predicted octanol–water partition coefficient (Wildman–Crippen LogP) is 3.47. The third-order valence-electron chi connectivity index (χ3n) is 4.32. The molecule has 3 rings (SSSR count). The fraction of sp³-hybridized carbons (Fsp3) is 0.250. The van der Waals surface area contributed by atoms with Crippen LogP contribution in [0.15, 0.2) is 53.7 Å². The molecule has 146 valence electrons. The maximum atomic E-state index is 13.1. The molecule has 3 N–H and O–H groups in total. The lowest BCUT2D eigenvalue weighted by Crippen LogP contribution is -2.29. The topological polar surface area (TPSA) is 85.8 Å². The molecule has 0 spiro atoms. The summed E-state index contributed by atoms with van der Waals surface area (Å²) in [5.74, 6) is 6.17. The minimum absolute atomic E-state index is 0.0424. The van der Waals surface area contributed by atoms with E-state index in [1.807, 2.05) is 38.1 Å². The second kappa shape index (κ2) is 8.88. The number of nitrogen functional groups attached to an aromatic ring is 1. The van der Waals surface area contributed by atoms with Crippen molar-refractivity contribution < 1.29 is 9.18 Å². The van der Waals surface area contributed by atoms with Crippen molar-refractivity contribution in [3.05, 3.63) is 65.5 Å². The van der Waals surface area contributed by atoms with E-state index < -0.39 is 0 Å². The fourth-order valence-electron chi connectivity index (χ4n) is 2.76. The van der Waals surface area contributed by atoms with E-state index in [4.69, 9.17) is 5.84 Å². The summed E-state index contributed by atoms with van der Waals surface area (Å²) >= 11 is 1.20. The van der Waals surface area contributed by atoms with E-state index in [-0.39, 0.29) is 23.5 Å². The van der Waals surface area contributed by atoms with Crippen molar-refractivity contribution in [3.63, 3.8) is 0 Å². The lowest BCUT2D eigenvalue weighted by molar-refractivity contribution is -0.119. The van der Waals surface area contributed by atoms with Crippen molar-refractivity contribution >= 4 is 17.7 Å². The Morgan fingerprint density at radius 1 is 1.18 bits per heavy atom. The second-order valence-corrected chi connectivity index (χ2v) is 7.35. The van der Waals surface area contributed by atoms with Crippen LogP contribution in [0.3, 0.4) is 0 Å². The van der Waals surface area contributed by atoms with Crippen molar-refractivity contribution in [2.75, 3.05) is 11.6 Å². The zero-order valence-electron chi connectivity index (χ0n) is 15.7. The molecule has 0 radical (unpaired) electrons. The van der Waals surface area contributed by atoms with Gasteiger partial charge in [-0.05, 0) is 43.2 Å². The standard InChI is InChI=1S/C20H22FN5OS/c1-3-17(14-6-4-13(2)5-7-14)23-18(27)12-28-20-25-24-19(26(20)22)15-8-10-16(21)11-9-15/h4-11,17H,3,12,22H2,1-2H3,(H,23,27)/t17-/m0/s1. The second-order valence-electron chi connectivity index (χ2n) is 6.41. The van der Waals surface area contributed by atoms with Gasteiger partial charge in [0.25, 0.3) is 0 Å². The molecule has 3 aromatic rings. The van der Waals surface area contributed by atoms with Gasteiger partial charge >= 0.3 is 0 Å². The van der Waals surface area contributed by atoms with Gasteiger partial charge in [-0.25, -0.2) is 9.07 Å². The minimum Gasteiger partial charge on any atom is -0.349 e. The molecule has 0 saturated carbocycles. The summed E-state index contributed by atoms with van der Waals surface area (Å²) in [6.07, 6.45) is 0.793. The van der Waals surface area contributed by atoms with Gasteiger partial charge in [-0.1, -0.05) is 48.5 Å². The quantitative estimate of drug-likeness (QED) is 0.469. The summed E-state index contributed by atoms with van der Waals surface area (Å²) in [7, 11) is 0. The molecule has 8 heteroatoms. The molecule has 0 aliphatic rings. The Hall–Kier alpha value is -2.87. The zero-order valence-corrected chi connectivity index (χ0v) is 16.5. The Labute approximate surface area is 167 Å². The summed E-state index contributed by atoms with van der Waals surface area (Å²) < 4.78 is 14.4. The Morgan fingerprint density at radius 2 is 1.86 bits per heavy atom. The third-order valence-corrected chi connectivity index (χ3v) is 5.27. The Kier molecular flexibility index (Phi) is 6.30. The molecule has 6 nitrogen and oxygen atoms in total. The smallest absolute Gasteiger partial charge is 0.230 e. The van der Waals surface area contributed by atoms with E-state index in [1.165, 1.54) is 34.1 Å². The van der Waals surface area contributed by atoms with Gasteiger partial charge in [0.1, 0.15) is 5.82 Å². The van der Waals surface area contributed by atoms with Gasteiger partial charge < -0.3 is 11.2 Å². The van der Waals surface area contributed by atoms with E-state index in [0.717, 1.165) is 12.0 Å². The number of rotatable bonds is 7. The van der Waals surface area contributed by atoms with Crippen molar-refractivity contribution in [1.82, 2.24) is 20.2 Å². The lowest BCUT2D eigenvalue weighted by atomic mass is 10.0. The SMILES string of the molecule is CC[C@H](NC(=O)CSc1nnc(-c2ccc(F)cc2)n1N)c1ccc(C)cc1. The Balaban J connectivity index is 1.61. The van der Waals surface area contributed by atoms with Crippen molar-refractivity contribution in [1.29, 1.82) is 0 Å². The molecule has 1 amide bonds. The number of nitrogens with one attached hydrogen (secondary N) is 1. The number of hydrogen-bond acceptors (Lipinski definition) is 5. The third kappa shape index (κ3) is 4.69.